The van der Waals surface area contributed by atoms with Gasteiger partial charge in [0, 0.05) is 35.8 Å². The molecule has 0 radical (unpaired) electrons. The lowest BCUT2D eigenvalue weighted by Gasteiger charge is -2.20. The molecular formula is C25H26N4O3. The molecule has 7 heteroatoms. The summed E-state index contributed by atoms with van der Waals surface area (Å²) in [6, 6.07) is 15.3. The zero-order valence-corrected chi connectivity index (χ0v) is 18.1. The molecule has 7 nitrogen and oxygen atoms in total. The second-order valence-corrected chi connectivity index (χ2v) is 8.58. The highest BCUT2D eigenvalue weighted by Crippen LogP contribution is 2.36. The van der Waals surface area contributed by atoms with Crippen LogP contribution in [0.4, 0.5) is 11.4 Å². The highest BCUT2D eigenvalue weighted by Gasteiger charge is 2.35. The second-order valence-electron chi connectivity index (χ2n) is 8.58. The van der Waals surface area contributed by atoms with Crippen LogP contribution in [0.3, 0.4) is 0 Å². The minimum Gasteiger partial charge on any atom is -0.339 e. The topological polar surface area (TPSA) is 88.3 Å². The normalized spacial score (nSPS) is 18.6. The fourth-order valence-electron chi connectivity index (χ4n) is 4.23. The van der Waals surface area contributed by atoms with Crippen LogP contribution in [0, 0.1) is 5.92 Å². The van der Waals surface area contributed by atoms with Gasteiger partial charge in [-0.1, -0.05) is 42.8 Å². The van der Waals surface area contributed by atoms with Crippen molar-refractivity contribution in [2.45, 2.75) is 44.9 Å². The van der Waals surface area contributed by atoms with Gasteiger partial charge in [0.25, 0.3) is 0 Å². The Morgan fingerprint density at radius 3 is 2.81 bits per heavy atom. The van der Waals surface area contributed by atoms with Gasteiger partial charge in [-0.2, -0.15) is 4.98 Å². The lowest BCUT2D eigenvalue weighted by Crippen LogP contribution is -2.28. The minimum absolute atomic E-state index is 0.0622. The first-order valence-corrected chi connectivity index (χ1v) is 11.2. The molecule has 0 spiro atoms. The first-order chi connectivity index (χ1) is 15.6. The molecule has 2 aromatic carbocycles. The van der Waals surface area contributed by atoms with Crippen molar-refractivity contribution in [2.75, 3.05) is 16.8 Å². The number of amides is 2. The summed E-state index contributed by atoms with van der Waals surface area (Å²) in [5.74, 6) is 1.01. The maximum Gasteiger partial charge on any atom is 0.230 e. The van der Waals surface area contributed by atoms with E-state index in [2.05, 4.69) is 22.4 Å². The van der Waals surface area contributed by atoms with E-state index in [1.165, 1.54) is 6.42 Å². The number of carbonyl (C=O) groups is 2. The Balaban J connectivity index is 1.29. The zero-order chi connectivity index (χ0) is 22.1. The number of aromatic nitrogens is 2. The van der Waals surface area contributed by atoms with Gasteiger partial charge in [0.05, 0.1) is 5.92 Å². The van der Waals surface area contributed by atoms with Crippen LogP contribution in [-0.2, 0) is 16.0 Å². The molecule has 3 aromatic rings. The van der Waals surface area contributed by atoms with E-state index >= 15 is 0 Å². The molecule has 0 unspecified atom stereocenters. The van der Waals surface area contributed by atoms with Crippen molar-refractivity contribution in [1.29, 1.82) is 0 Å². The Bertz CT molecular complexity index is 1150. The third-order valence-electron chi connectivity index (χ3n) is 6.41. The van der Waals surface area contributed by atoms with E-state index in [1.54, 1.807) is 4.90 Å². The van der Waals surface area contributed by atoms with Gasteiger partial charge in [0.1, 0.15) is 0 Å². The summed E-state index contributed by atoms with van der Waals surface area (Å²) in [6.07, 6.45) is 4.48. The third-order valence-corrected chi connectivity index (χ3v) is 6.41. The fraction of sp³-hybridized carbons (Fsp3) is 0.360. The number of rotatable bonds is 6. The van der Waals surface area contributed by atoms with E-state index in [-0.39, 0.29) is 18.2 Å². The van der Waals surface area contributed by atoms with Gasteiger partial charge in [0.15, 0.2) is 0 Å². The predicted octanol–water partition coefficient (Wildman–Crippen LogP) is 4.56. The van der Waals surface area contributed by atoms with E-state index < -0.39 is 5.92 Å². The summed E-state index contributed by atoms with van der Waals surface area (Å²) in [5.41, 5.74) is 3.46. The van der Waals surface area contributed by atoms with Crippen LogP contribution >= 0.6 is 0 Å². The predicted molar refractivity (Wildman–Crippen MR) is 121 cm³/mol. The molecule has 1 aromatic heterocycles. The van der Waals surface area contributed by atoms with Crippen LogP contribution < -0.4 is 10.2 Å². The van der Waals surface area contributed by atoms with Crippen molar-refractivity contribution < 1.29 is 14.1 Å². The summed E-state index contributed by atoms with van der Waals surface area (Å²) < 4.78 is 5.44. The molecule has 2 amide bonds. The lowest BCUT2D eigenvalue weighted by atomic mass is 9.85. The summed E-state index contributed by atoms with van der Waals surface area (Å²) in [4.78, 5) is 31.7. The van der Waals surface area contributed by atoms with Crippen molar-refractivity contribution in [1.82, 2.24) is 10.1 Å². The Morgan fingerprint density at radius 2 is 2.03 bits per heavy atom. The Morgan fingerprint density at radius 1 is 1.19 bits per heavy atom. The van der Waals surface area contributed by atoms with Crippen LogP contribution in [0.2, 0.25) is 0 Å². The number of hydrogen-bond donors (Lipinski definition) is 1. The smallest absolute Gasteiger partial charge is 0.230 e. The van der Waals surface area contributed by atoms with Crippen LogP contribution in [0.1, 0.15) is 50.0 Å². The number of aryl methyl sites for hydroxylation is 1. The molecule has 32 heavy (non-hydrogen) atoms. The van der Waals surface area contributed by atoms with Crippen LogP contribution in [0.5, 0.6) is 0 Å². The van der Waals surface area contributed by atoms with Gasteiger partial charge in [-0.05, 0) is 49.1 Å². The summed E-state index contributed by atoms with van der Waals surface area (Å²) in [7, 11) is 0. The molecule has 5 rings (SSSR count). The fourth-order valence-corrected chi connectivity index (χ4v) is 4.23. The third kappa shape index (κ3) is 4.02. The molecule has 2 aliphatic rings. The molecular weight excluding hydrogens is 404 g/mol. The van der Waals surface area contributed by atoms with Crippen molar-refractivity contribution in [3.63, 3.8) is 0 Å². The number of anilines is 2. The molecule has 2 heterocycles. The molecule has 1 aliphatic carbocycles. The van der Waals surface area contributed by atoms with Crippen molar-refractivity contribution in [2.24, 2.45) is 5.92 Å². The maximum atomic E-state index is 12.8. The average molecular weight is 431 g/mol. The SMILES string of the molecule is CCc1cccc(NC(=O)[C@H]2CC(=O)N(c3cccc(-c4noc(C5CCC5)n4)c3)C2)c1. The molecule has 1 aliphatic heterocycles. The van der Waals surface area contributed by atoms with Crippen molar-refractivity contribution in [3.8, 4) is 11.4 Å². The van der Waals surface area contributed by atoms with E-state index in [9.17, 15) is 9.59 Å². The highest BCUT2D eigenvalue weighted by atomic mass is 16.5. The Kier molecular flexibility index (Phi) is 5.47. The summed E-state index contributed by atoms with van der Waals surface area (Å²) >= 11 is 0. The quantitative estimate of drug-likeness (QED) is 0.619. The van der Waals surface area contributed by atoms with Crippen LogP contribution in [0.15, 0.2) is 53.1 Å². The lowest BCUT2D eigenvalue weighted by molar-refractivity contribution is -0.122. The van der Waals surface area contributed by atoms with Gasteiger partial charge in [-0.25, -0.2) is 0 Å². The van der Waals surface area contributed by atoms with Gasteiger partial charge < -0.3 is 14.7 Å². The number of carbonyl (C=O) groups excluding carboxylic acids is 2. The molecule has 0 bridgehead atoms. The van der Waals surface area contributed by atoms with Crippen molar-refractivity contribution >= 4 is 23.2 Å². The summed E-state index contributed by atoms with van der Waals surface area (Å²) in [6.45, 7) is 2.42. The van der Waals surface area contributed by atoms with Gasteiger partial charge >= 0.3 is 0 Å². The van der Waals surface area contributed by atoms with Gasteiger partial charge in [-0.3, -0.25) is 9.59 Å². The van der Waals surface area contributed by atoms with Crippen molar-refractivity contribution in [3.05, 3.63) is 60.0 Å². The highest BCUT2D eigenvalue weighted by molar-refractivity contribution is 6.03. The summed E-state index contributed by atoms with van der Waals surface area (Å²) in [5, 5.41) is 7.09. The van der Waals surface area contributed by atoms with Gasteiger partial charge in [-0.15, -0.1) is 0 Å². The molecule has 1 N–H and O–H groups in total. The average Bonchev–Trinajstić information content (AvgIpc) is 3.40. The first-order valence-electron chi connectivity index (χ1n) is 11.2. The number of nitrogens with zero attached hydrogens (tertiary/aromatic N) is 3. The molecule has 1 atom stereocenters. The standard InChI is InChI=1S/C25H26N4O3/c1-2-16-6-3-10-20(12-16)26-24(31)19-14-22(30)29(15-19)21-11-5-9-18(13-21)23-27-25(32-28-23)17-7-4-8-17/h3,5-6,9-13,17,19H,2,4,7-8,14-15H2,1H3,(H,26,31)/t19-/m0/s1. The Hall–Kier alpha value is -3.48. The Labute approximate surface area is 186 Å². The molecule has 164 valence electrons. The van der Waals surface area contributed by atoms with E-state index in [0.717, 1.165) is 41.8 Å². The number of nitrogens with one attached hydrogen (secondary N) is 1. The molecule has 2 fully saturated rings. The van der Waals surface area contributed by atoms with Gasteiger partial charge in [0.2, 0.25) is 23.5 Å². The van der Waals surface area contributed by atoms with Crippen LogP contribution in [0.25, 0.3) is 11.4 Å². The number of benzene rings is 2. The molecule has 1 saturated carbocycles. The van der Waals surface area contributed by atoms with E-state index in [0.29, 0.717) is 24.2 Å². The maximum absolute atomic E-state index is 12.8. The zero-order valence-electron chi connectivity index (χ0n) is 18.1. The monoisotopic (exact) mass is 430 g/mol. The van der Waals surface area contributed by atoms with E-state index in [4.69, 9.17) is 4.52 Å². The van der Waals surface area contributed by atoms with E-state index in [1.807, 2.05) is 48.5 Å². The second kappa shape index (κ2) is 8.57. The molecule has 1 saturated heterocycles. The minimum atomic E-state index is -0.396. The first kappa shape index (κ1) is 20.4. The van der Waals surface area contributed by atoms with Crippen LogP contribution in [-0.4, -0.2) is 28.5 Å². The number of hydrogen-bond acceptors (Lipinski definition) is 5. The largest absolute Gasteiger partial charge is 0.339 e.